The van der Waals surface area contributed by atoms with Gasteiger partial charge in [-0.25, -0.2) is 0 Å². The molecule has 2 N–H and O–H groups in total. The normalized spacial score (nSPS) is 13.5. The fraction of sp³-hybridized carbons (Fsp3) is 0.300. The third-order valence-corrected chi connectivity index (χ3v) is 3.31. The first-order chi connectivity index (χ1) is 7.72. The van der Waals surface area contributed by atoms with Gasteiger partial charge in [-0.15, -0.1) is 11.6 Å². The molecule has 1 atom stereocenters. The van der Waals surface area contributed by atoms with Crippen LogP contribution in [0, 0.1) is 0 Å². The molecule has 0 aromatic heterocycles. The first kappa shape index (κ1) is 14.2. The second kappa shape index (κ2) is 5.18. The molecule has 1 unspecified atom stereocenters. The van der Waals surface area contributed by atoms with Crippen molar-refractivity contribution in [3.05, 3.63) is 23.8 Å². The molecule has 0 saturated carbocycles. The maximum absolute atomic E-state index is 12.2. The Hall–Kier alpha value is -0.880. The van der Waals surface area contributed by atoms with E-state index in [9.17, 15) is 18.0 Å². The Labute approximate surface area is 105 Å². The number of ketones is 1. The molecule has 94 valence electrons. The summed E-state index contributed by atoms with van der Waals surface area (Å²) in [6.45, 7) is 1.25. The van der Waals surface area contributed by atoms with E-state index in [-0.39, 0.29) is 33.7 Å². The third-order valence-electron chi connectivity index (χ3n) is 1.96. The lowest BCUT2D eigenvalue weighted by Gasteiger charge is -2.14. The van der Waals surface area contributed by atoms with Crippen molar-refractivity contribution < 1.29 is 18.0 Å². The fourth-order valence-electron chi connectivity index (χ4n) is 1.21. The van der Waals surface area contributed by atoms with Gasteiger partial charge in [0.2, 0.25) is 0 Å². The number of benzene rings is 1. The van der Waals surface area contributed by atoms with Crippen LogP contribution in [-0.2, 0) is 4.79 Å². The number of carbonyl (C=O) groups excluding carboxylic acids is 1. The van der Waals surface area contributed by atoms with Gasteiger partial charge >= 0.3 is 5.51 Å². The standard InChI is InChI=1S/C10H9ClF3NOS/c1-5(16)8(11)6-3-2-4-7(9(6)15)17-10(12,13)14/h2-4,8H,15H2,1H3. The summed E-state index contributed by atoms with van der Waals surface area (Å²) < 4.78 is 36.7. The van der Waals surface area contributed by atoms with Crippen LogP contribution in [0.1, 0.15) is 17.9 Å². The first-order valence-electron chi connectivity index (χ1n) is 4.51. The Morgan fingerprint density at radius 1 is 1.47 bits per heavy atom. The number of rotatable bonds is 3. The van der Waals surface area contributed by atoms with E-state index in [1.807, 2.05) is 0 Å². The lowest BCUT2D eigenvalue weighted by atomic mass is 10.1. The van der Waals surface area contributed by atoms with E-state index in [0.29, 0.717) is 0 Å². The lowest BCUT2D eigenvalue weighted by molar-refractivity contribution is -0.116. The van der Waals surface area contributed by atoms with E-state index >= 15 is 0 Å². The third kappa shape index (κ3) is 3.81. The topological polar surface area (TPSA) is 43.1 Å². The molecule has 2 nitrogen and oxygen atoms in total. The van der Waals surface area contributed by atoms with Crippen LogP contribution in [0.5, 0.6) is 0 Å². The maximum atomic E-state index is 12.2. The van der Waals surface area contributed by atoms with E-state index in [2.05, 4.69) is 0 Å². The molecule has 0 aliphatic heterocycles. The predicted octanol–water partition coefficient (Wildman–Crippen LogP) is 3.75. The quantitative estimate of drug-likeness (QED) is 0.522. The van der Waals surface area contributed by atoms with Crippen molar-refractivity contribution in [3.63, 3.8) is 0 Å². The Bertz CT molecular complexity index is 436. The van der Waals surface area contributed by atoms with Crippen LogP contribution < -0.4 is 5.73 Å². The minimum Gasteiger partial charge on any atom is -0.398 e. The average molecular weight is 284 g/mol. The van der Waals surface area contributed by atoms with Gasteiger partial charge in [0.25, 0.3) is 0 Å². The highest BCUT2D eigenvalue weighted by atomic mass is 35.5. The highest BCUT2D eigenvalue weighted by Gasteiger charge is 2.31. The van der Waals surface area contributed by atoms with Gasteiger partial charge in [-0.2, -0.15) is 13.2 Å². The Morgan fingerprint density at radius 3 is 2.53 bits per heavy atom. The largest absolute Gasteiger partial charge is 0.446 e. The van der Waals surface area contributed by atoms with Crippen molar-refractivity contribution in [2.45, 2.75) is 22.7 Å². The number of anilines is 1. The minimum atomic E-state index is -4.43. The van der Waals surface area contributed by atoms with E-state index in [4.69, 9.17) is 17.3 Å². The molecule has 1 aromatic carbocycles. The van der Waals surface area contributed by atoms with E-state index < -0.39 is 10.9 Å². The van der Waals surface area contributed by atoms with E-state index in [1.54, 1.807) is 0 Å². The molecular formula is C10H9ClF3NOS. The molecule has 0 fully saturated rings. The summed E-state index contributed by atoms with van der Waals surface area (Å²) in [5.41, 5.74) is 1.24. The molecule has 1 rings (SSSR count). The molecule has 0 spiro atoms. The summed E-state index contributed by atoms with van der Waals surface area (Å²) in [5.74, 6) is -0.368. The SMILES string of the molecule is CC(=O)C(Cl)c1cccc(SC(F)(F)F)c1N. The zero-order valence-corrected chi connectivity index (χ0v) is 10.3. The molecule has 17 heavy (non-hydrogen) atoms. The maximum Gasteiger partial charge on any atom is 0.446 e. The molecule has 0 saturated heterocycles. The summed E-state index contributed by atoms with van der Waals surface area (Å²) in [4.78, 5) is 10.9. The zero-order chi connectivity index (χ0) is 13.2. The highest BCUT2D eigenvalue weighted by Crippen LogP contribution is 2.42. The number of Topliss-reactive ketones (excluding diaryl/α,β-unsaturated/α-hetero) is 1. The van der Waals surface area contributed by atoms with Crippen molar-refractivity contribution in [2.24, 2.45) is 0 Å². The van der Waals surface area contributed by atoms with Crippen molar-refractivity contribution in [1.82, 2.24) is 0 Å². The van der Waals surface area contributed by atoms with Gasteiger partial charge in [0, 0.05) is 10.5 Å². The number of hydrogen-bond donors (Lipinski definition) is 1. The van der Waals surface area contributed by atoms with E-state index in [1.165, 1.54) is 25.1 Å². The number of para-hydroxylation sites is 1. The van der Waals surface area contributed by atoms with Crippen LogP contribution in [0.15, 0.2) is 23.1 Å². The van der Waals surface area contributed by atoms with Gasteiger partial charge in [-0.1, -0.05) is 12.1 Å². The molecular weight excluding hydrogens is 275 g/mol. The summed E-state index contributed by atoms with van der Waals surface area (Å²) in [6, 6.07) is 4.06. The summed E-state index contributed by atoms with van der Waals surface area (Å²) >= 11 is 5.45. The second-order valence-electron chi connectivity index (χ2n) is 3.28. The van der Waals surface area contributed by atoms with Crippen molar-refractivity contribution >= 4 is 34.8 Å². The van der Waals surface area contributed by atoms with Gasteiger partial charge in [0.05, 0.1) is 5.69 Å². The van der Waals surface area contributed by atoms with Crippen LogP contribution >= 0.6 is 23.4 Å². The molecule has 1 aromatic rings. The summed E-state index contributed by atoms with van der Waals surface area (Å²) in [7, 11) is 0. The Balaban J connectivity index is 3.12. The average Bonchev–Trinajstić information content (AvgIpc) is 2.18. The van der Waals surface area contributed by atoms with Crippen molar-refractivity contribution in [2.75, 3.05) is 5.73 Å². The van der Waals surface area contributed by atoms with Gasteiger partial charge in [-0.05, 0) is 24.8 Å². The van der Waals surface area contributed by atoms with Gasteiger partial charge in [0.15, 0.2) is 5.78 Å². The van der Waals surface area contributed by atoms with Crippen molar-refractivity contribution in [1.29, 1.82) is 0 Å². The minimum absolute atomic E-state index is 0.106. The fourth-order valence-corrected chi connectivity index (χ4v) is 2.03. The Kier molecular flexibility index (Phi) is 4.32. The van der Waals surface area contributed by atoms with Crippen LogP contribution in [0.25, 0.3) is 0 Å². The first-order valence-corrected chi connectivity index (χ1v) is 5.76. The number of halogens is 4. The monoisotopic (exact) mass is 283 g/mol. The van der Waals surface area contributed by atoms with Crippen molar-refractivity contribution in [3.8, 4) is 0 Å². The number of nitrogens with two attached hydrogens (primary N) is 1. The molecule has 0 aliphatic carbocycles. The highest BCUT2D eigenvalue weighted by molar-refractivity contribution is 8.00. The molecule has 0 radical (unpaired) electrons. The smallest absolute Gasteiger partial charge is 0.398 e. The summed E-state index contributed by atoms with van der Waals surface area (Å²) in [5, 5.41) is -1.02. The molecule has 7 heteroatoms. The number of thioether (sulfide) groups is 1. The van der Waals surface area contributed by atoms with Gasteiger partial charge in [0.1, 0.15) is 5.38 Å². The molecule has 0 heterocycles. The number of carbonyl (C=O) groups is 1. The van der Waals surface area contributed by atoms with Crippen LogP contribution in [-0.4, -0.2) is 11.3 Å². The number of alkyl halides is 4. The second-order valence-corrected chi connectivity index (χ2v) is 4.82. The predicted molar refractivity (Wildman–Crippen MR) is 62.0 cm³/mol. The molecule has 0 amide bonds. The van der Waals surface area contributed by atoms with Crippen LogP contribution in [0.2, 0.25) is 0 Å². The number of hydrogen-bond acceptors (Lipinski definition) is 3. The van der Waals surface area contributed by atoms with Gasteiger partial charge in [-0.3, -0.25) is 4.79 Å². The van der Waals surface area contributed by atoms with Crippen LogP contribution in [0.3, 0.4) is 0 Å². The summed E-state index contributed by atoms with van der Waals surface area (Å²) in [6.07, 6.45) is 0. The molecule has 0 bridgehead atoms. The lowest BCUT2D eigenvalue weighted by Crippen LogP contribution is -2.07. The Morgan fingerprint density at radius 2 is 2.06 bits per heavy atom. The zero-order valence-electron chi connectivity index (χ0n) is 8.72. The number of nitrogen functional groups attached to an aromatic ring is 1. The molecule has 0 aliphatic rings. The van der Waals surface area contributed by atoms with E-state index in [0.717, 1.165) is 0 Å². The van der Waals surface area contributed by atoms with Crippen LogP contribution in [0.4, 0.5) is 18.9 Å². The van der Waals surface area contributed by atoms with Gasteiger partial charge < -0.3 is 5.73 Å².